The van der Waals surface area contributed by atoms with Crippen molar-refractivity contribution in [2.75, 3.05) is 13.2 Å². The van der Waals surface area contributed by atoms with Crippen LogP contribution < -0.4 is 0 Å². The van der Waals surface area contributed by atoms with Crippen LogP contribution in [0.4, 0.5) is 0 Å². The van der Waals surface area contributed by atoms with E-state index in [9.17, 15) is 15.3 Å². The zero-order chi connectivity index (χ0) is 14.8. The maximum absolute atomic E-state index is 9.88. The van der Waals surface area contributed by atoms with Gasteiger partial charge in [0.1, 0.15) is 24.4 Å². The molecular formula is C13H17ClO6. The van der Waals surface area contributed by atoms with Crippen LogP contribution in [0, 0.1) is 0 Å². The maximum Gasteiger partial charge on any atom is 0.276 e. The Morgan fingerprint density at radius 1 is 1.30 bits per heavy atom. The Labute approximate surface area is 121 Å². The molecule has 0 aromatic heterocycles. The highest BCUT2D eigenvalue weighted by Gasteiger charge is 2.46. The van der Waals surface area contributed by atoms with Gasteiger partial charge in [-0.15, -0.1) is 0 Å². The minimum Gasteiger partial charge on any atom is -0.394 e. The number of hydrogen-bond donors (Lipinski definition) is 4. The third-order valence-corrected chi connectivity index (χ3v) is 3.56. The molecule has 1 aromatic carbocycles. The van der Waals surface area contributed by atoms with Crippen LogP contribution in [0.2, 0.25) is 0 Å². The Balaban J connectivity index is 2.19. The summed E-state index contributed by atoms with van der Waals surface area (Å²) in [5.74, 6) is 0. The van der Waals surface area contributed by atoms with Gasteiger partial charge >= 0.3 is 0 Å². The lowest BCUT2D eigenvalue weighted by Gasteiger charge is -2.41. The fourth-order valence-electron chi connectivity index (χ4n) is 1.99. The SMILES string of the molecule is OC[C@@H](O)[C@H](O)[C@H]1OC(Cl)(c2ccccc2)OC[C@@H]1O. The van der Waals surface area contributed by atoms with E-state index in [1.807, 2.05) is 0 Å². The molecule has 1 fully saturated rings. The monoisotopic (exact) mass is 304 g/mol. The predicted molar refractivity (Wildman–Crippen MR) is 69.9 cm³/mol. The van der Waals surface area contributed by atoms with Crippen LogP contribution in [-0.2, 0) is 14.7 Å². The highest BCUT2D eigenvalue weighted by Crippen LogP contribution is 2.38. The van der Waals surface area contributed by atoms with Gasteiger partial charge in [0.2, 0.25) is 0 Å². The van der Waals surface area contributed by atoms with E-state index in [0.29, 0.717) is 5.56 Å². The summed E-state index contributed by atoms with van der Waals surface area (Å²) < 4.78 is 10.7. The molecule has 112 valence electrons. The third kappa shape index (κ3) is 3.12. The normalized spacial score (nSPS) is 33.6. The molecule has 0 radical (unpaired) electrons. The molecule has 1 aromatic rings. The van der Waals surface area contributed by atoms with Gasteiger partial charge in [0, 0.05) is 5.56 Å². The van der Waals surface area contributed by atoms with Crippen molar-refractivity contribution in [3.63, 3.8) is 0 Å². The number of aliphatic hydroxyl groups excluding tert-OH is 4. The molecule has 1 unspecified atom stereocenters. The standard InChI is InChI=1S/C13H17ClO6/c14-13(8-4-2-1-3-5-8)19-7-10(17)12(20-13)11(18)9(16)6-15/h1-5,9-12,15-18H,6-7H2/t9-,10+,11+,12+,13?/m1/s1. The lowest BCUT2D eigenvalue weighted by Crippen LogP contribution is -2.56. The van der Waals surface area contributed by atoms with Crippen molar-refractivity contribution in [2.45, 2.75) is 29.7 Å². The molecule has 0 bridgehead atoms. The summed E-state index contributed by atoms with van der Waals surface area (Å²) in [6.07, 6.45) is -5.27. The summed E-state index contributed by atoms with van der Waals surface area (Å²) in [4.78, 5) is 0. The van der Waals surface area contributed by atoms with E-state index in [1.165, 1.54) is 0 Å². The topological polar surface area (TPSA) is 99.4 Å². The van der Waals surface area contributed by atoms with E-state index in [2.05, 4.69) is 0 Å². The van der Waals surface area contributed by atoms with Crippen molar-refractivity contribution >= 4 is 11.6 Å². The minimum atomic E-state index is -1.65. The number of ether oxygens (including phenoxy) is 2. The molecule has 0 spiro atoms. The molecule has 1 aliphatic rings. The first-order valence-electron chi connectivity index (χ1n) is 6.19. The second kappa shape index (κ2) is 6.36. The van der Waals surface area contributed by atoms with Crippen LogP contribution in [0.5, 0.6) is 0 Å². The summed E-state index contributed by atoms with van der Waals surface area (Å²) in [5.41, 5.74) is 0.504. The van der Waals surface area contributed by atoms with Gasteiger partial charge in [-0.3, -0.25) is 0 Å². The lowest BCUT2D eigenvalue weighted by atomic mass is 10.0. The van der Waals surface area contributed by atoms with Crippen molar-refractivity contribution in [1.82, 2.24) is 0 Å². The van der Waals surface area contributed by atoms with E-state index in [4.69, 9.17) is 26.2 Å². The fraction of sp³-hybridized carbons (Fsp3) is 0.538. The van der Waals surface area contributed by atoms with Crippen molar-refractivity contribution < 1.29 is 29.9 Å². The predicted octanol–water partition coefficient (Wildman–Crippen LogP) is -0.474. The van der Waals surface area contributed by atoms with Crippen molar-refractivity contribution in [3.8, 4) is 0 Å². The molecule has 1 heterocycles. The van der Waals surface area contributed by atoms with Crippen LogP contribution in [0.25, 0.3) is 0 Å². The minimum absolute atomic E-state index is 0.168. The molecule has 20 heavy (non-hydrogen) atoms. The van der Waals surface area contributed by atoms with Crippen LogP contribution >= 0.6 is 11.6 Å². The Bertz CT molecular complexity index is 430. The Hall–Kier alpha value is -0.730. The second-order valence-corrected chi connectivity index (χ2v) is 5.10. The quantitative estimate of drug-likeness (QED) is 0.561. The number of hydrogen-bond acceptors (Lipinski definition) is 6. The molecule has 5 atom stereocenters. The number of halogens is 1. The van der Waals surface area contributed by atoms with Crippen LogP contribution in [0.3, 0.4) is 0 Å². The van der Waals surface area contributed by atoms with E-state index >= 15 is 0 Å². The summed E-state index contributed by atoms with van der Waals surface area (Å²) in [6.45, 7) is -0.826. The van der Waals surface area contributed by atoms with Gasteiger partial charge in [-0.25, -0.2) is 0 Å². The summed E-state index contributed by atoms with van der Waals surface area (Å²) in [5, 5.41) is 36.4. The number of rotatable bonds is 4. The number of alkyl halides is 1. The van der Waals surface area contributed by atoms with Gasteiger partial charge in [0.15, 0.2) is 0 Å². The molecule has 0 amide bonds. The van der Waals surface area contributed by atoms with E-state index in [0.717, 1.165) is 0 Å². The van der Waals surface area contributed by atoms with Gasteiger partial charge in [-0.2, -0.15) is 0 Å². The largest absolute Gasteiger partial charge is 0.394 e. The molecular weight excluding hydrogens is 288 g/mol. The first-order valence-corrected chi connectivity index (χ1v) is 6.57. The van der Waals surface area contributed by atoms with Gasteiger partial charge < -0.3 is 29.9 Å². The summed E-state index contributed by atoms with van der Waals surface area (Å²) in [7, 11) is 0. The van der Waals surface area contributed by atoms with Gasteiger partial charge in [-0.1, -0.05) is 41.9 Å². The highest BCUT2D eigenvalue weighted by atomic mass is 35.5. The smallest absolute Gasteiger partial charge is 0.276 e. The summed E-state index contributed by atoms with van der Waals surface area (Å²) >= 11 is 6.24. The average molecular weight is 305 g/mol. The molecule has 7 heteroatoms. The van der Waals surface area contributed by atoms with E-state index < -0.39 is 36.3 Å². The highest BCUT2D eigenvalue weighted by molar-refractivity contribution is 6.22. The van der Waals surface area contributed by atoms with Crippen LogP contribution in [0.1, 0.15) is 5.56 Å². The van der Waals surface area contributed by atoms with Crippen molar-refractivity contribution in [2.24, 2.45) is 0 Å². The van der Waals surface area contributed by atoms with Gasteiger partial charge in [-0.05, 0) is 0 Å². The number of aliphatic hydroxyl groups is 4. The van der Waals surface area contributed by atoms with Crippen molar-refractivity contribution in [1.29, 1.82) is 0 Å². The van der Waals surface area contributed by atoms with Gasteiger partial charge in [0.05, 0.1) is 13.2 Å². The van der Waals surface area contributed by atoms with E-state index in [-0.39, 0.29) is 6.61 Å². The Morgan fingerprint density at radius 2 is 1.95 bits per heavy atom. The first-order chi connectivity index (χ1) is 9.48. The first kappa shape index (κ1) is 15.7. The zero-order valence-electron chi connectivity index (χ0n) is 10.6. The van der Waals surface area contributed by atoms with Gasteiger partial charge in [0.25, 0.3) is 5.25 Å². The fourth-order valence-corrected chi connectivity index (χ4v) is 2.28. The third-order valence-electron chi connectivity index (χ3n) is 3.14. The molecule has 6 nitrogen and oxygen atoms in total. The lowest BCUT2D eigenvalue weighted by molar-refractivity contribution is -0.308. The molecule has 4 N–H and O–H groups in total. The van der Waals surface area contributed by atoms with E-state index in [1.54, 1.807) is 30.3 Å². The number of benzene rings is 1. The molecule has 1 saturated heterocycles. The average Bonchev–Trinajstić information content (AvgIpc) is 2.49. The molecule has 1 aliphatic heterocycles. The van der Waals surface area contributed by atoms with Crippen molar-refractivity contribution in [3.05, 3.63) is 35.9 Å². The Morgan fingerprint density at radius 3 is 2.55 bits per heavy atom. The summed E-state index contributed by atoms with van der Waals surface area (Å²) in [6, 6.07) is 8.63. The maximum atomic E-state index is 9.88. The molecule has 0 aliphatic carbocycles. The molecule has 2 rings (SSSR count). The molecule has 0 saturated carbocycles. The van der Waals surface area contributed by atoms with Crippen LogP contribution in [-0.4, -0.2) is 58.1 Å². The second-order valence-electron chi connectivity index (χ2n) is 4.60. The van der Waals surface area contributed by atoms with Crippen LogP contribution in [0.15, 0.2) is 30.3 Å². The zero-order valence-corrected chi connectivity index (χ0v) is 11.3. The Kier molecular flexibility index (Phi) is 4.98.